The Bertz CT molecular complexity index is 1280. The summed E-state index contributed by atoms with van der Waals surface area (Å²) in [6.45, 7) is -0.280. The summed E-state index contributed by atoms with van der Waals surface area (Å²) in [5, 5.41) is 22.7. The van der Waals surface area contributed by atoms with Gasteiger partial charge in [-0.1, -0.05) is 42.5 Å². The predicted molar refractivity (Wildman–Crippen MR) is 150 cm³/mol. The predicted octanol–water partition coefficient (Wildman–Crippen LogP) is -0.916. The molecule has 1 aliphatic heterocycles. The van der Waals surface area contributed by atoms with Crippen LogP contribution in [0.5, 0.6) is 0 Å². The smallest absolute Gasteiger partial charge is 0.326 e. The molecule has 10 N–H and O–H groups in total. The second-order valence-electron chi connectivity index (χ2n) is 9.36. The van der Waals surface area contributed by atoms with Crippen LogP contribution < -0.4 is 38.1 Å². The van der Waals surface area contributed by atoms with Gasteiger partial charge in [0.25, 0.3) is 0 Å². The lowest BCUT2D eigenvalue weighted by Gasteiger charge is -2.24. The van der Waals surface area contributed by atoms with Gasteiger partial charge in [0.05, 0.1) is 13.0 Å². The van der Waals surface area contributed by atoms with Gasteiger partial charge in [-0.05, 0) is 36.1 Å². The molecule has 218 valence electrons. The molecule has 41 heavy (non-hydrogen) atoms. The number of anilines is 1. The summed E-state index contributed by atoms with van der Waals surface area (Å²) in [7, 11) is 0. The summed E-state index contributed by atoms with van der Waals surface area (Å²) in [4.78, 5) is 67.1. The Kier molecular flexibility index (Phi) is 11.0. The van der Waals surface area contributed by atoms with E-state index in [4.69, 9.17) is 11.5 Å². The van der Waals surface area contributed by atoms with E-state index in [1.165, 1.54) is 0 Å². The third-order valence-corrected chi connectivity index (χ3v) is 6.15. The van der Waals surface area contributed by atoms with Crippen LogP contribution in [0.1, 0.15) is 36.4 Å². The molecule has 0 spiro atoms. The number of aliphatic imine (C=N–C) groups is 1. The third kappa shape index (κ3) is 9.84. The van der Waals surface area contributed by atoms with Gasteiger partial charge < -0.3 is 43.2 Å². The SMILES string of the molecule is NC(N)=NCCCC1NC(=O)[C@H](c2ccccc2)Nc2cccc(c2)CNC(=O)C[C@@H](C(=O)O)NC(=O)CNC1=O. The molecule has 3 atom stereocenters. The fraction of sp³-hybridized carbons (Fsp3) is 0.333. The highest BCUT2D eigenvalue weighted by Crippen LogP contribution is 2.21. The fourth-order valence-electron chi connectivity index (χ4n) is 4.11. The van der Waals surface area contributed by atoms with Gasteiger partial charge in [-0.2, -0.15) is 0 Å². The number of carbonyl (C=O) groups is 5. The summed E-state index contributed by atoms with van der Waals surface area (Å²) >= 11 is 0. The molecule has 14 heteroatoms. The van der Waals surface area contributed by atoms with Crippen molar-refractivity contribution in [1.82, 2.24) is 21.3 Å². The maximum Gasteiger partial charge on any atom is 0.326 e. The number of carboxylic acid groups (broad SMARTS) is 1. The number of nitrogens with one attached hydrogen (secondary N) is 5. The van der Waals surface area contributed by atoms with Crippen LogP contribution in [0.15, 0.2) is 59.6 Å². The monoisotopic (exact) mass is 566 g/mol. The topological polar surface area (TPSA) is 230 Å². The molecule has 0 aliphatic carbocycles. The lowest BCUT2D eigenvalue weighted by molar-refractivity contribution is -0.143. The van der Waals surface area contributed by atoms with Crippen molar-refractivity contribution in [2.24, 2.45) is 16.5 Å². The zero-order chi connectivity index (χ0) is 29.8. The van der Waals surface area contributed by atoms with Crippen LogP contribution in [0.3, 0.4) is 0 Å². The Hall–Kier alpha value is -5.14. The summed E-state index contributed by atoms with van der Waals surface area (Å²) in [5.74, 6) is -4.11. The van der Waals surface area contributed by atoms with Crippen molar-refractivity contribution in [2.75, 3.05) is 18.4 Å². The minimum atomic E-state index is -1.51. The lowest BCUT2D eigenvalue weighted by atomic mass is 10.0. The zero-order valence-corrected chi connectivity index (χ0v) is 22.3. The van der Waals surface area contributed by atoms with Crippen LogP contribution in [0.25, 0.3) is 0 Å². The van der Waals surface area contributed by atoms with Crippen molar-refractivity contribution in [3.8, 4) is 0 Å². The van der Waals surface area contributed by atoms with Crippen molar-refractivity contribution in [3.63, 3.8) is 0 Å². The number of benzene rings is 2. The van der Waals surface area contributed by atoms with Crippen molar-refractivity contribution in [1.29, 1.82) is 0 Å². The van der Waals surface area contributed by atoms with Crippen molar-refractivity contribution >= 4 is 41.2 Å². The number of hydrogen-bond acceptors (Lipinski definition) is 7. The first-order chi connectivity index (χ1) is 19.6. The molecule has 14 nitrogen and oxygen atoms in total. The number of amides is 4. The standard InChI is InChI=1S/C27H34N8O6/c28-27(29)30-11-5-10-19-24(38)32-15-22(37)34-20(26(40)41)13-21(36)31-14-16-6-4-9-18(12-16)33-23(25(39)35-19)17-7-2-1-3-8-17/h1-4,6-9,12,19-20,23,33H,5,10-11,13-15H2,(H,31,36)(H,32,38)(H,34,37)(H,35,39)(H,40,41)(H4,28,29,30)/t19?,20-,23-/m0/s1. The van der Waals surface area contributed by atoms with Crippen LogP contribution >= 0.6 is 0 Å². The van der Waals surface area contributed by atoms with Crippen LogP contribution in [-0.2, 0) is 30.5 Å². The van der Waals surface area contributed by atoms with Crippen molar-refractivity contribution in [2.45, 2.75) is 43.9 Å². The molecule has 1 aliphatic rings. The highest BCUT2D eigenvalue weighted by atomic mass is 16.4. The molecule has 0 radical (unpaired) electrons. The fourth-order valence-corrected chi connectivity index (χ4v) is 4.11. The first-order valence-corrected chi connectivity index (χ1v) is 12.9. The summed E-state index contributed by atoms with van der Waals surface area (Å²) in [5.41, 5.74) is 12.6. The molecular formula is C27H34N8O6. The van der Waals surface area contributed by atoms with E-state index in [9.17, 15) is 29.1 Å². The van der Waals surface area contributed by atoms with Gasteiger partial charge >= 0.3 is 5.97 Å². The van der Waals surface area contributed by atoms with E-state index in [0.29, 0.717) is 23.2 Å². The van der Waals surface area contributed by atoms with Crippen LogP contribution in [0.2, 0.25) is 0 Å². The maximum absolute atomic E-state index is 13.6. The number of aliphatic carboxylic acids is 1. The van der Waals surface area contributed by atoms with Crippen molar-refractivity contribution < 1.29 is 29.1 Å². The van der Waals surface area contributed by atoms with Gasteiger partial charge in [-0.3, -0.25) is 24.2 Å². The van der Waals surface area contributed by atoms with Gasteiger partial charge in [0.1, 0.15) is 18.1 Å². The van der Waals surface area contributed by atoms with E-state index in [-0.39, 0.29) is 25.5 Å². The van der Waals surface area contributed by atoms with Gasteiger partial charge in [0.15, 0.2) is 5.96 Å². The molecule has 2 aromatic carbocycles. The molecule has 2 bridgehead atoms. The van der Waals surface area contributed by atoms with Gasteiger partial charge in [0.2, 0.25) is 23.6 Å². The number of carboxylic acids is 1. The molecule has 0 fully saturated rings. The van der Waals surface area contributed by atoms with E-state index in [1.807, 2.05) is 6.07 Å². The number of rotatable bonds is 6. The maximum atomic E-state index is 13.6. The lowest BCUT2D eigenvalue weighted by Crippen LogP contribution is -2.52. The number of carbonyl (C=O) groups excluding carboxylic acids is 4. The molecule has 0 saturated carbocycles. The third-order valence-electron chi connectivity index (χ3n) is 6.15. The highest BCUT2D eigenvalue weighted by Gasteiger charge is 2.28. The molecule has 1 heterocycles. The first-order valence-electron chi connectivity index (χ1n) is 12.9. The average Bonchev–Trinajstić information content (AvgIpc) is 2.94. The number of guanidine groups is 1. The zero-order valence-electron chi connectivity index (χ0n) is 22.3. The Morgan fingerprint density at radius 2 is 1.63 bits per heavy atom. The number of nitrogens with zero attached hydrogens (tertiary/aromatic N) is 1. The summed E-state index contributed by atoms with van der Waals surface area (Å²) in [6, 6.07) is 12.4. The molecule has 0 saturated heterocycles. The minimum absolute atomic E-state index is 0.0881. The number of nitrogens with two attached hydrogens (primary N) is 2. The number of hydrogen-bond donors (Lipinski definition) is 8. The number of fused-ring (bicyclic) bond motifs is 2. The van der Waals surface area contributed by atoms with E-state index in [0.717, 1.165) is 0 Å². The van der Waals surface area contributed by atoms with E-state index in [2.05, 4.69) is 31.6 Å². The summed E-state index contributed by atoms with van der Waals surface area (Å²) < 4.78 is 0. The van der Waals surface area contributed by atoms with E-state index in [1.54, 1.807) is 48.5 Å². The Labute approximate surface area is 236 Å². The van der Waals surface area contributed by atoms with E-state index < -0.39 is 60.7 Å². The molecule has 0 aromatic heterocycles. The molecule has 2 aromatic rings. The van der Waals surface area contributed by atoms with E-state index >= 15 is 0 Å². The van der Waals surface area contributed by atoms with Crippen molar-refractivity contribution in [3.05, 3.63) is 65.7 Å². The van der Waals surface area contributed by atoms with Crippen LogP contribution in [0.4, 0.5) is 5.69 Å². The minimum Gasteiger partial charge on any atom is -0.480 e. The first kappa shape index (κ1) is 30.4. The van der Waals surface area contributed by atoms with Crippen LogP contribution in [0, 0.1) is 0 Å². The quantitative estimate of drug-likeness (QED) is 0.123. The molecular weight excluding hydrogens is 532 g/mol. The molecule has 1 unspecified atom stereocenters. The highest BCUT2D eigenvalue weighted by molar-refractivity contribution is 5.94. The van der Waals surface area contributed by atoms with Gasteiger partial charge in [0, 0.05) is 18.8 Å². The van der Waals surface area contributed by atoms with Gasteiger partial charge in [-0.25, -0.2) is 4.79 Å². The Balaban J connectivity index is 1.93. The second kappa shape index (κ2) is 14.9. The summed E-state index contributed by atoms with van der Waals surface area (Å²) in [6.07, 6.45) is -0.0262. The normalized spacial score (nSPS) is 20.5. The van der Waals surface area contributed by atoms with Crippen LogP contribution in [-0.4, -0.2) is 65.8 Å². The molecule has 4 amide bonds. The molecule has 3 rings (SSSR count). The Morgan fingerprint density at radius 1 is 0.878 bits per heavy atom. The average molecular weight is 567 g/mol. The largest absolute Gasteiger partial charge is 0.480 e. The Morgan fingerprint density at radius 3 is 2.34 bits per heavy atom. The van der Waals surface area contributed by atoms with Gasteiger partial charge in [-0.15, -0.1) is 0 Å². The second-order valence-corrected chi connectivity index (χ2v) is 9.36.